The molecule has 0 aromatic heterocycles. The minimum Gasteiger partial charge on any atom is -0.381 e. The molecule has 0 heterocycles. The van der Waals surface area contributed by atoms with Crippen LogP contribution in [-0.4, -0.2) is 28.5 Å². The van der Waals surface area contributed by atoms with E-state index >= 15 is 0 Å². The van der Waals surface area contributed by atoms with Crippen LogP contribution < -0.4 is 0 Å². The Morgan fingerprint density at radius 2 is 0.773 bits per heavy atom. The maximum Gasteiger partial charge on any atom is 0.416 e. The molecule has 0 spiro atoms. The first kappa shape index (κ1) is 56.3. The van der Waals surface area contributed by atoms with Crippen LogP contribution in [0.15, 0.2) is 0 Å². The van der Waals surface area contributed by atoms with E-state index in [0.29, 0.717) is 13.8 Å². The molecule has 131 valence electrons. The summed E-state index contributed by atoms with van der Waals surface area (Å²) in [5.41, 5.74) is -2.56. The molecule has 3 radical (unpaired) electrons. The van der Waals surface area contributed by atoms with E-state index in [0.717, 1.165) is 0 Å². The van der Waals surface area contributed by atoms with Crippen molar-refractivity contribution in [3.05, 3.63) is 22.3 Å². The zero-order valence-electron chi connectivity index (χ0n) is 15.1. The van der Waals surface area contributed by atoms with Gasteiger partial charge in [-0.25, -0.2) is 0 Å². The third kappa shape index (κ3) is 78.9. The number of Topliss-reactive ketones (excluding diaryl/α,β-unsaturated/α-hetero) is 2. The predicted molar refractivity (Wildman–Crippen MR) is 74.3 cm³/mol. The molecule has 0 aromatic rings. The van der Waals surface area contributed by atoms with Crippen LogP contribution in [0.25, 0.3) is 0 Å². The van der Waals surface area contributed by atoms with E-state index in [4.69, 9.17) is 5.11 Å². The van der Waals surface area contributed by atoms with Gasteiger partial charge in [0, 0.05) is 98.1 Å². The largest absolute Gasteiger partial charge is 0.416 e. The van der Waals surface area contributed by atoms with Gasteiger partial charge in [0.15, 0.2) is 5.60 Å². The fourth-order valence-electron chi connectivity index (χ4n) is 0. The van der Waals surface area contributed by atoms with Crippen molar-refractivity contribution in [3.63, 3.8) is 0 Å². The summed E-state index contributed by atoms with van der Waals surface area (Å²) >= 11 is 0. The summed E-state index contributed by atoms with van der Waals surface area (Å²) in [6, 6.07) is 0. The number of aliphatic hydroxyl groups is 1. The first-order chi connectivity index (χ1) is 6.71. The van der Waals surface area contributed by atoms with Gasteiger partial charge in [-0.2, -0.15) is 13.2 Å². The van der Waals surface area contributed by atoms with Gasteiger partial charge in [-0.1, -0.05) is 0 Å². The third-order valence-corrected chi connectivity index (χ3v) is 0.694. The summed E-state index contributed by atoms with van der Waals surface area (Å²) in [4.78, 5) is 18.9. The van der Waals surface area contributed by atoms with Crippen LogP contribution in [0.2, 0.25) is 0 Å². The summed E-state index contributed by atoms with van der Waals surface area (Å²) in [5, 5.41) is 8.23. The van der Waals surface area contributed by atoms with Gasteiger partial charge in [-0.05, 0) is 41.5 Å². The molecule has 0 aliphatic heterocycles. The van der Waals surface area contributed by atoms with E-state index in [1.165, 1.54) is 27.7 Å². The molecule has 0 aliphatic rings. The zero-order chi connectivity index (χ0) is 14.2. The SMILES string of the molecule is CC(C)(O)C(F)(F)F.CC(C)=O.CC(C)=O.[CH3-].[CH3-].[CH3-].[Y].[Y].[Y]. The number of carbonyl (C=O) groups is 2. The molecule has 0 fully saturated rings. The van der Waals surface area contributed by atoms with Crippen LogP contribution in [0.5, 0.6) is 0 Å². The van der Waals surface area contributed by atoms with Crippen molar-refractivity contribution in [1.29, 1.82) is 0 Å². The number of carbonyl (C=O) groups excluding carboxylic acids is 2. The van der Waals surface area contributed by atoms with Crippen LogP contribution in [0, 0.1) is 22.3 Å². The van der Waals surface area contributed by atoms with Gasteiger partial charge in [0.1, 0.15) is 11.6 Å². The van der Waals surface area contributed by atoms with Crippen LogP contribution in [0.4, 0.5) is 13.2 Å². The normalized spacial score (nSPS) is 7.55. The van der Waals surface area contributed by atoms with E-state index in [-0.39, 0.29) is 132 Å². The minimum absolute atomic E-state index is 0. The number of hydrogen-bond donors (Lipinski definition) is 1. The predicted octanol–water partition coefficient (Wildman–Crippen LogP) is 3.85. The molecule has 0 aliphatic carbocycles. The molecule has 0 aromatic carbocycles. The molecule has 0 amide bonds. The second-order valence-corrected chi connectivity index (χ2v) is 3.87. The Morgan fingerprint density at radius 1 is 0.727 bits per heavy atom. The van der Waals surface area contributed by atoms with Gasteiger partial charge < -0.3 is 37.0 Å². The monoisotopic (exact) mass is 556 g/mol. The Labute approximate surface area is 210 Å². The number of rotatable bonds is 0. The van der Waals surface area contributed by atoms with Crippen LogP contribution in [0.3, 0.4) is 0 Å². The fourth-order valence-corrected chi connectivity index (χ4v) is 0. The summed E-state index contributed by atoms with van der Waals surface area (Å²) in [6.45, 7) is 7.51. The maximum atomic E-state index is 11.3. The topological polar surface area (TPSA) is 54.4 Å². The third-order valence-electron chi connectivity index (χ3n) is 0.694. The molecule has 9 heteroatoms. The number of ketones is 2. The summed E-state index contributed by atoms with van der Waals surface area (Å²) in [5.74, 6) is 0.333. The number of halogens is 3. The van der Waals surface area contributed by atoms with Gasteiger partial charge in [-0.15, -0.1) is 0 Å². The quantitative estimate of drug-likeness (QED) is 0.462. The van der Waals surface area contributed by atoms with Crippen LogP contribution in [0.1, 0.15) is 41.5 Å². The molecule has 0 saturated carbocycles. The average molecular weight is 556 g/mol. The van der Waals surface area contributed by atoms with Crippen molar-refractivity contribution < 1.29 is 126 Å². The van der Waals surface area contributed by atoms with Gasteiger partial charge in [0.2, 0.25) is 0 Å². The van der Waals surface area contributed by atoms with Crippen molar-refractivity contribution in [3.8, 4) is 0 Å². The molecule has 0 atom stereocenters. The maximum absolute atomic E-state index is 11.3. The summed E-state index contributed by atoms with van der Waals surface area (Å²) in [6.07, 6.45) is -4.51. The second kappa shape index (κ2) is 28.2. The van der Waals surface area contributed by atoms with E-state index in [2.05, 4.69) is 0 Å². The van der Waals surface area contributed by atoms with Crippen LogP contribution >= 0.6 is 0 Å². The molecular weight excluding hydrogens is 528 g/mol. The Bertz CT molecular complexity index is 197. The fraction of sp³-hybridized carbons (Fsp3) is 0.615. The summed E-state index contributed by atoms with van der Waals surface area (Å²) < 4.78 is 33.9. The van der Waals surface area contributed by atoms with E-state index in [9.17, 15) is 22.8 Å². The number of alkyl halides is 3. The second-order valence-electron chi connectivity index (χ2n) is 3.87. The zero-order valence-corrected chi connectivity index (χ0v) is 23.6. The first-order valence-electron chi connectivity index (χ1n) is 4.45. The first-order valence-corrected chi connectivity index (χ1v) is 4.45. The van der Waals surface area contributed by atoms with E-state index in [1.54, 1.807) is 0 Å². The van der Waals surface area contributed by atoms with Crippen molar-refractivity contribution in [2.24, 2.45) is 0 Å². The van der Waals surface area contributed by atoms with E-state index in [1.807, 2.05) is 0 Å². The van der Waals surface area contributed by atoms with Gasteiger partial charge in [-0.3, -0.25) is 0 Å². The molecule has 0 bridgehead atoms. The minimum atomic E-state index is -4.51. The smallest absolute Gasteiger partial charge is 0.381 e. The van der Waals surface area contributed by atoms with Crippen LogP contribution in [-0.2, 0) is 108 Å². The summed E-state index contributed by atoms with van der Waals surface area (Å²) in [7, 11) is 0. The molecule has 0 unspecified atom stereocenters. The molecule has 1 N–H and O–H groups in total. The standard InChI is InChI=1S/C4H7F3O.2C3H6O.3CH3.3Y/c1-3(2,8)4(5,6)7;2*1-3(2)4;;;;;;/h8H,1-2H3;2*1-2H3;3*1H3;;;/q;;;3*-1;;;. The van der Waals surface area contributed by atoms with E-state index < -0.39 is 11.8 Å². The Hall–Kier alpha value is 2.40. The van der Waals surface area contributed by atoms with Gasteiger partial charge in [0.05, 0.1) is 0 Å². The molecule has 0 saturated heterocycles. The van der Waals surface area contributed by atoms with Crippen molar-refractivity contribution in [1.82, 2.24) is 0 Å². The van der Waals surface area contributed by atoms with Gasteiger partial charge in [0.25, 0.3) is 0 Å². The van der Waals surface area contributed by atoms with Crippen molar-refractivity contribution in [2.45, 2.75) is 53.3 Å². The van der Waals surface area contributed by atoms with Crippen molar-refractivity contribution >= 4 is 11.6 Å². The van der Waals surface area contributed by atoms with Crippen molar-refractivity contribution in [2.75, 3.05) is 0 Å². The Kier molecular flexibility index (Phi) is 72.2. The molecular formula is C13H28F3O3Y3-3. The Morgan fingerprint density at radius 3 is 0.773 bits per heavy atom. The van der Waals surface area contributed by atoms with Gasteiger partial charge >= 0.3 is 6.18 Å². The molecule has 3 nitrogen and oxygen atoms in total. The molecule has 0 rings (SSSR count). The molecule has 22 heavy (non-hydrogen) atoms. The average Bonchev–Trinajstić information content (AvgIpc) is 1.76. The number of hydrogen-bond acceptors (Lipinski definition) is 3. The Balaban J connectivity index is -0.0000000155.